The molecule has 1 aromatic rings. The summed E-state index contributed by atoms with van der Waals surface area (Å²) in [6, 6.07) is 5.09. The van der Waals surface area contributed by atoms with Crippen LogP contribution in [0.3, 0.4) is 0 Å². The Morgan fingerprint density at radius 3 is 3.00 bits per heavy atom. The Morgan fingerprint density at radius 2 is 2.31 bits per heavy atom. The normalized spacial score (nSPS) is 15.2. The molecule has 0 bridgehead atoms. The third-order valence-electron chi connectivity index (χ3n) is 2.62. The molecular formula is C12H14N2O2. The average molecular weight is 218 g/mol. The van der Waals surface area contributed by atoms with E-state index < -0.39 is 0 Å². The number of hydrogen-bond donors (Lipinski definition) is 2. The van der Waals surface area contributed by atoms with Crippen LogP contribution in [-0.2, 0) is 11.2 Å². The maximum Gasteiger partial charge on any atom is 0.217 e. The van der Waals surface area contributed by atoms with Crippen molar-refractivity contribution in [2.24, 2.45) is 4.99 Å². The quantitative estimate of drug-likeness (QED) is 0.791. The predicted octanol–water partition coefficient (Wildman–Crippen LogP) is 1.55. The predicted molar refractivity (Wildman–Crippen MR) is 62.2 cm³/mol. The molecule has 0 saturated heterocycles. The van der Waals surface area contributed by atoms with E-state index in [4.69, 9.17) is 0 Å². The van der Waals surface area contributed by atoms with Gasteiger partial charge < -0.3 is 10.4 Å². The second kappa shape index (κ2) is 3.96. The highest BCUT2D eigenvalue weighted by molar-refractivity contribution is 5.99. The zero-order valence-electron chi connectivity index (χ0n) is 9.32. The van der Waals surface area contributed by atoms with Crippen molar-refractivity contribution in [2.75, 3.05) is 0 Å². The smallest absolute Gasteiger partial charge is 0.217 e. The Morgan fingerprint density at radius 1 is 1.56 bits per heavy atom. The van der Waals surface area contributed by atoms with Crippen molar-refractivity contribution in [1.29, 1.82) is 0 Å². The number of carbonyl (C=O) groups excluding carboxylic acids is 1. The van der Waals surface area contributed by atoms with Gasteiger partial charge in [-0.3, -0.25) is 9.79 Å². The van der Waals surface area contributed by atoms with Crippen molar-refractivity contribution in [3.05, 3.63) is 23.8 Å². The SMILES string of the molecule is CC(=O)NC(C)C1=Nc2cc(O)ccc2C1. The Bertz CT molecular complexity index is 466. The first-order valence-electron chi connectivity index (χ1n) is 5.22. The summed E-state index contributed by atoms with van der Waals surface area (Å²) < 4.78 is 0. The fraction of sp³-hybridized carbons (Fsp3) is 0.333. The van der Waals surface area contributed by atoms with E-state index in [0.29, 0.717) is 0 Å². The van der Waals surface area contributed by atoms with Crippen molar-refractivity contribution in [3.63, 3.8) is 0 Å². The molecule has 1 unspecified atom stereocenters. The number of rotatable bonds is 2. The summed E-state index contributed by atoms with van der Waals surface area (Å²) in [5.41, 5.74) is 2.81. The first-order chi connectivity index (χ1) is 7.56. The highest BCUT2D eigenvalue weighted by Crippen LogP contribution is 2.30. The van der Waals surface area contributed by atoms with E-state index in [9.17, 15) is 9.90 Å². The first-order valence-corrected chi connectivity index (χ1v) is 5.22. The number of amides is 1. The topological polar surface area (TPSA) is 61.7 Å². The van der Waals surface area contributed by atoms with Crippen LogP contribution in [-0.4, -0.2) is 22.8 Å². The van der Waals surface area contributed by atoms with Crippen molar-refractivity contribution in [2.45, 2.75) is 26.3 Å². The van der Waals surface area contributed by atoms with Crippen LogP contribution in [0, 0.1) is 0 Å². The number of benzene rings is 1. The van der Waals surface area contributed by atoms with Crippen LogP contribution in [0.15, 0.2) is 23.2 Å². The number of hydrogen-bond acceptors (Lipinski definition) is 3. The lowest BCUT2D eigenvalue weighted by atomic mass is 10.1. The average Bonchev–Trinajstić information content (AvgIpc) is 2.59. The fourth-order valence-electron chi connectivity index (χ4n) is 1.83. The molecular weight excluding hydrogens is 204 g/mol. The fourth-order valence-corrected chi connectivity index (χ4v) is 1.83. The molecule has 4 heteroatoms. The molecule has 1 aromatic carbocycles. The third-order valence-corrected chi connectivity index (χ3v) is 2.62. The Balaban J connectivity index is 2.18. The van der Waals surface area contributed by atoms with Gasteiger partial charge in [0.1, 0.15) is 5.75 Å². The van der Waals surface area contributed by atoms with Crippen molar-refractivity contribution in [1.82, 2.24) is 5.32 Å². The highest BCUT2D eigenvalue weighted by atomic mass is 16.3. The van der Waals surface area contributed by atoms with E-state index in [1.54, 1.807) is 12.1 Å². The standard InChI is InChI=1S/C12H14N2O2/c1-7(13-8(2)15)11-5-9-3-4-10(16)6-12(9)14-11/h3-4,6-7,16H,5H2,1-2H3,(H,13,15). The van der Waals surface area contributed by atoms with Crippen LogP contribution in [0.2, 0.25) is 0 Å². The lowest BCUT2D eigenvalue weighted by Gasteiger charge is -2.11. The van der Waals surface area contributed by atoms with Gasteiger partial charge in [0, 0.05) is 25.1 Å². The summed E-state index contributed by atoms with van der Waals surface area (Å²) in [7, 11) is 0. The minimum Gasteiger partial charge on any atom is -0.508 e. The molecule has 0 saturated carbocycles. The Kier molecular flexibility index (Phi) is 2.64. The van der Waals surface area contributed by atoms with E-state index in [1.807, 2.05) is 13.0 Å². The van der Waals surface area contributed by atoms with E-state index in [1.165, 1.54) is 6.92 Å². The van der Waals surface area contributed by atoms with Gasteiger partial charge in [-0.25, -0.2) is 0 Å². The van der Waals surface area contributed by atoms with Crippen LogP contribution >= 0.6 is 0 Å². The molecule has 1 atom stereocenters. The van der Waals surface area contributed by atoms with Crippen LogP contribution in [0.25, 0.3) is 0 Å². The number of nitrogens with zero attached hydrogens (tertiary/aromatic N) is 1. The van der Waals surface area contributed by atoms with Crippen molar-refractivity contribution >= 4 is 17.3 Å². The summed E-state index contributed by atoms with van der Waals surface area (Å²) >= 11 is 0. The van der Waals surface area contributed by atoms with Gasteiger partial charge in [0.05, 0.1) is 11.7 Å². The molecule has 1 aliphatic rings. The summed E-state index contributed by atoms with van der Waals surface area (Å²) in [6.45, 7) is 3.40. The van der Waals surface area contributed by atoms with Gasteiger partial charge in [0.15, 0.2) is 0 Å². The molecule has 0 aromatic heterocycles. The minimum absolute atomic E-state index is 0.0611. The number of nitrogens with one attached hydrogen (secondary N) is 1. The Labute approximate surface area is 94.0 Å². The number of carbonyl (C=O) groups is 1. The lowest BCUT2D eigenvalue weighted by Crippen LogP contribution is -2.37. The second-order valence-electron chi connectivity index (χ2n) is 4.02. The third kappa shape index (κ3) is 2.05. The largest absolute Gasteiger partial charge is 0.508 e. The molecule has 1 amide bonds. The van der Waals surface area contributed by atoms with Crippen LogP contribution in [0.5, 0.6) is 5.75 Å². The van der Waals surface area contributed by atoms with Gasteiger partial charge in [-0.15, -0.1) is 0 Å². The monoisotopic (exact) mass is 218 g/mol. The van der Waals surface area contributed by atoms with Crippen LogP contribution < -0.4 is 5.32 Å². The van der Waals surface area contributed by atoms with Gasteiger partial charge in [0.25, 0.3) is 0 Å². The van der Waals surface area contributed by atoms with Gasteiger partial charge in [-0.05, 0) is 18.6 Å². The lowest BCUT2D eigenvalue weighted by molar-refractivity contribution is -0.119. The molecule has 2 rings (SSSR count). The van der Waals surface area contributed by atoms with Gasteiger partial charge in [0.2, 0.25) is 5.91 Å². The summed E-state index contributed by atoms with van der Waals surface area (Å²) in [4.78, 5) is 15.3. The van der Waals surface area contributed by atoms with Crippen LogP contribution in [0.4, 0.5) is 5.69 Å². The molecule has 0 radical (unpaired) electrons. The molecule has 16 heavy (non-hydrogen) atoms. The van der Waals surface area contributed by atoms with Crippen molar-refractivity contribution < 1.29 is 9.90 Å². The van der Waals surface area contributed by atoms with Gasteiger partial charge in [-0.2, -0.15) is 0 Å². The maximum absolute atomic E-state index is 10.9. The second-order valence-corrected chi connectivity index (χ2v) is 4.02. The molecule has 84 valence electrons. The molecule has 1 aliphatic heterocycles. The highest BCUT2D eigenvalue weighted by Gasteiger charge is 2.20. The summed E-state index contributed by atoms with van der Waals surface area (Å²) in [5.74, 6) is 0.157. The maximum atomic E-state index is 10.9. The molecule has 0 aliphatic carbocycles. The molecule has 2 N–H and O–H groups in total. The summed E-state index contributed by atoms with van der Waals surface area (Å²) in [6.07, 6.45) is 0.733. The first kappa shape index (κ1) is 10.7. The number of aliphatic imine (C=N–C) groups is 1. The van der Waals surface area contributed by atoms with E-state index in [-0.39, 0.29) is 17.7 Å². The van der Waals surface area contributed by atoms with E-state index >= 15 is 0 Å². The molecule has 4 nitrogen and oxygen atoms in total. The minimum atomic E-state index is -0.0629. The summed E-state index contributed by atoms with van der Waals surface area (Å²) in [5, 5.41) is 12.1. The molecule has 0 spiro atoms. The molecule has 0 fully saturated rings. The zero-order chi connectivity index (χ0) is 11.7. The van der Waals surface area contributed by atoms with Gasteiger partial charge >= 0.3 is 0 Å². The van der Waals surface area contributed by atoms with E-state index in [2.05, 4.69) is 10.3 Å². The van der Waals surface area contributed by atoms with Crippen molar-refractivity contribution in [3.8, 4) is 5.75 Å². The molecule has 1 heterocycles. The zero-order valence-corrected chi connectivity index (χ0v) is 9.32. The van der Waals surface area contributed by atoms with Gasteiger partial charge in [-0.1, -0.05) is 6.07 Å². The van der Waals surface area contributed by atoms with E-state index in [0.717, 1.165) is 23.4 Å². The van der Waals surface area contributed by atoms with Crippen LogP contribution in [0.1, 0.15) is 19.4 Å². The number of fused-ring (bicyclic) bond motifs is 1. The number of aromatic hydroxyl groups is 1. The Hall–Kier alpha value is -1.84. The number of phenols is 1. The number of phenolic OH excluding ortho intramolecular Hbond substituents is 1.